The largest absolute Gasteiger partial charge is 0.375 e. The van der Waals surface area contributed by atoms with Gasteiger partial charge in [-0.15, -0.1) is 0 Å². The van der Waals surface area contributed by atoms with Gasteiger partial charge < -0.3 is 10.1 Å². The summed E-state index contributed by atoms with van der Waals surface area (Å²) in [6.07, 6.45) is 0.705. The van der Waals surface area contributed by atoms with Crippen LogP contribution in [0.25, 0.3) is 0 Å². The highest BCUT2D eigenvalue weighted by molar-refractivity contribution is 7.07. The van der Waals surface area contributed by atoms with Gasteiger partial charge in [-0.05, 0) is 49.2 Å². The lowest BCUT2D eigenvalue weighted by Crippen LogP contribution is -2.32. The fourth-order valence-corrected chi connectivity index (χ4v) is 3.60. The van der Waals surface area contributed by atoms with Crippen LogP contribution in [0.2, 0.25) is 0 Å². The fourth-order valence-electron chi connectivity index (χ4n) is 2.90. The molecule has 2 rings (SSSR count). The van der Waals surface area contributed by atoms with Crippen LogP contribution in [0, 0.1) is 11.8 Å². The fraction of sp³-hybridized carbons (Fsp3) is 0.692. The highest BCUT2D eigenvalue weighted by Crippen LogP contribution is 2.40. The Labute approximate surface area is 102 Å². The van der Waals surface area contributed by atoms with Gasteiger partial charge in [0.05, 0.1) is 12.2 Å². The summed E-state index contributed by atoms with van der Waals surface area (Å²) in [5.41, 5.74) is 1.40. The lowest BCUT2D eigenvalue weighted by molar-refractivity contribution is 0.0478. The molecular weight excluding hydrogens is 218 g/mol. The van der Waals surface area contributed by atoms with Crippen LogP contribution < -0.4 is 5.32 Å². The summed E-state index contributed by atoms with van der Waals surface area (Å²) in [5, 5.41) is 7.84. The van der Waals surface area contributed by atoms with E-state index in [0.29, 0.717) is 30.1 Å². The van der Waals surface area contributed by atoms with Gasteiger partial charge in [0.2, 0.25) is 0 Å². The Kier molecular flexibility index (Phi) is 3.67. The van der Waals surface area contributed by atoms with Crippen LogP contribution in [-0.2, 0) is 4.74 Å². The summed E-state index contributed by atoms with van der Waals surface area (Å²) >= 11 is 1.76. The summed E-state index contributed by atoms with van der Waals surface area (Å²) in [5.74, 6) is 1.17. The molecule has 90 valence electrons. The van der Waals surface area contributed by atoms with Gasteiger partial charge in [-0.25, -0.2) is 0 Å². The van der Waals surface area contributed by atoms with E-state index in [9.17, 15) is 0 Å². The van der Waals surface area contributed by atoms with Crippen molar-refractivity contribution in [3.8, 4) is 0 Å². The van der Waals surface area contributed by atoms with Gasteiger partial charge in [0.15, 0.2) is 0 Å². The molecule has 16 heavy (non-hydrogen) atoms. The average molecular weight is 239 g/mol. The standard InChI is InChI=1S/C13H21NOS/c1-8-9(2)15-10(3)12(8)13(14-4)11-5-6-16-7-11/h5-10,12-14H,1-4H3. The summed E-state index contributed by atoms with van der Waals surface area (Å²) in [6, 6.07) is 2.63. The first kappa shape index (κ1) is 12.1. The summed E-state index contributed by atoms with van der Waals surface area (Å²) < 4.78 is 5.93. The molecular formula is C13H21NOS. The van der Waals surface area contributed by atoms with Crippen molar-refractivity contribution in [3.63, 3.8) is 0 Å². The number of hydrogen-bond acceptors (Lipinski definition) is 3. The van der Waals surface area contributed by atoms with Crippen LogP contribution >= 0.6 is 11.3 Å². The Bertz CT molecular complexity index is 325. The summed E-state index contributed by atoms with van der Waals surface area (Å²) in [7, 11) is 2.05. The molecule has 2 heterocycles. The van der Waals surface area contributed by atoms with Gasteiger partial charge in [-0.3, -0.25) is 0 Å². The van der Waals surface area contributed by atoms with E-state index < -0.39 is 0 Å². The van der Waals surface area contributed by atoms with E-state index in [0.717, 1.165) is 0 Å². The zero-order valence-corrected chi connectivity index (χ0v) is 11.3. The van der Waals surface area contributed by atoms with Crippen molar-refractivity contribution in [2.24, 2.45) is 11.8 Å². The molecule has 1 aliphatic rings. The molecule has 0 saturated carbocycles. The van der Waals surface area contributed by atoms with Gasteiger partial charge >= 0.3 is 0 Å². The van der Waals surface area contributed by atoms with Crippen molar-refractivity contribution in [1.29, 1.82) is 0 Å². The third-order valence-corrected chi connectivity index (χ3v) is 4.62. The summed E-state index contributed by atoms with van der Waals surface area (Å²) in [4.78, 5) is 0. The van der Waals surface area contributed by atoms with Crippen molar-refractivity contribution >= 4 is 11.3 Å². The first-order chi connectivity index (χ1) is 7.65. The molecule has 0 bridgehead atoms. The van der Waals surface area contributed by atoms with E-state index in [-0.39, 0.29) is 0 Å². The Morgan fingerprint density at radius 3 is 2.50 bits per heavy atom. The number of nitrogens with one attached hydrogen (secondary N) is 1. The van der Waals surface area contributed by atoms with E-state index in [2.05, 4.69) is 42.9 Å². The molecule has 1 aromatic heterocycles. The van der Waals surface area contributed by atoms with Crippen LogP contribution in [0.5, 0.6) is 0 Å². The van der Waals surface area contributed by atoms with E-state index in [4.69, 9.17) is 4.74 Å². The molecule has 1 saturated heterocycles. The maximum Gasteiger partial charge on any atom is 0.0600 e. The Balaban J connectivity index is 2.21. The SMILES string of the molecule is CNC(c1ccsc1)C1C(C)OC(C)C1C. The first-order valence-corrected chi connectivity index (χ1v) is 6.94. The minimum Gasteiger partial charge on any atom is -0.375 e. The Morgan fingerprint density at radius 1 is 1.31 bits per heavy atom. The van der Waals surface area contributed by atoms with Crippen LogP contribution in [0.4, 0.5) is 0 Å². The molecule has 3 heteroatoms. The molecule has 0 aromatic carbocycles. The van der Waals surface area contributed by atoms with Crippen molar-refractivity contribution in [2.75, 3.05) is 7.05 Å². The molecule has 0 spiro atoms. The van der Waals surface area contributed by atoms with Crippen molar-refractivity contribution in [3.05, 3.63) is 22.4 Å². The number of thiophene rings is 1. The molecule has 5 atom stereocenters. The lowest BCUT2D eigenvalue weighted by atomic mass is 9.81. The minimum absolute atomic E-state index is 0.336. The zero-order valence-electron chi connectivity index (χ0n) is 10.4. The second-order valence-electron chi connectivity index (χ2n) is 4.81. The van der Waals surface area contributed by atoms with Crippen LogP contribution in [0.15, 0.2) is 16.8 Å². The number of ether oxygens (including phenoxy) is 1. The molecule has 5 unspecified atom stereocenters. The van der Waals surface area contributed by atoms with Crippen molar-refractivity contribution in [1.82, 2.24) is 5.32 Å². The van der Waals surface area contributed by atoms with Gasteiger partial charge in [0, 0.05) is 12.0 Å². The van der Waals surface area contributed by atoms with Crippen LogP contribution in [0.3, 0.4) is 0 Å². The van der Waals surface area contributed by atoms with E-state index in [1.807, 2.05) is 7.05 Å². The second kappa shape index (κ2) is 4.86. The van der Waals surface area contributed by atoms with Crippen LogP contribution in [0.1, 0.15) is 32.4 Å². The third kappa shape index (κ3) is 2.04. The normalized spacial score (nSPS) is 36.5. The highest BCUT2D eigenvalue weighted by Gasteiger charge is 2.41. The second-order valence-corrected chi connectivity index (χ2v) is 5.59. The molecule has 1 aliphatic heterocycles. The predicted octanol–water partition coefficient (Wildman–Crippen LogP) is 3.07. The minimum atomic E-state index is 0.336. The number of hydrogen-bond donors (Lipinski definition) is 1. The van der Waals surface area contributed by atoms with Gasteiger partial charge in [-0.2, -0.15) is 11.3 Å². The Hall–Kier alpha value is -0.380. The molecule has 1 aromatic rings. The third-order valence-electron chi connectivity index (χ3n) is 3.92. The predicted molar refractivity (Wildman–Crippen MR) is 68.8 cm³/mol. The monoisotopic (exact) mass is 239 g/mol. The molecule has 1 N–H and O–H groups in total. The van der Waals surface area contributed by atoms with Gasteiger partial charge in [-0.1, -0.05) is 6.92 Å². The maximum absolute atomic E-state index is 5.93. The van der Waals surface area contributed by atoms with E-state index in [1.165, 1.54) is 5.56 Å². The first-order valence-electron chi connectivity index (χ1n) is 6.00. The van der Waals surface area contributed by atoms with E-state index in [1.54, 1.807) is 11.3 Å². The highest BCUT2D eigenvalue weighted by atomic mass is 32.1. The van der Waals surface area contributed by atoms with Gasteiger partial charge in [0.25, 0.3) is 0 Å². The molecule has 1 fully saturated rings. The zero-order chi connectivity index (χ0) is 11.7. The van der Waals surface area contributed by atoms with E-state index >= 15 is 0 Å². The summed E-state index contributed by atoms with van der Waals surface area (Å²) in [6.45, 7) is 6.68. The van der Waals surface area contributed by atoms with Gasteiger partial charge in [0.1, 0.15) is 0 Å². The van der Waals surface area contributed by atoms with Crippen molar-refractivity contribution < 1.29 is 4.74 Å². The average Bonchev–Trinajstić information content (AvgIpc) is 2.84. The number of rotatable bonds is 3. The van der Waals surface area contributed by atoms with Crippen LogP contribution in [-0.4, -0.2) is 19.3 Å². The quantitative estimate of drug-likeness (QED) is 0.875. The Morgan fingerprint density at radius 2 is 2.06 bits per heavy atom. The molecule has 2 nitrogen and oxygen atoms in total. The van der Waals surface area contributed by atoms with Crippen molar-refractivity contribution in [2.45, 2.75) is 39.0 Å². The molecule has 0 aliphatic carbocycles. The molecule has 0 radical (unpaired) electrons. The molecule has 0 amide bonds. The maximum atomic E-state index is 5.93. The topological polar surface area (TPSA) is 21.3 Å². The smallest absolute Gasteiger partial charge is 0.0600 e. The lowest BCUT2D eigenvalue weighted by Gasteiger charge is -2.28.